The lowest BCUT2D eigenvalue weighted by atomic mass is 9.58. The summed E-state index contributed by atoms with van der Waals surface area (Å²) in [4.78, 5) is 7.18. The van der Waals surface area contributed by atoms with Crippen LogP contribution in [0.3, 0.4) is 0 Å². The van der Waals surface area contributed by atoms with Gasteiger partial charge >= 0.3 is 0 Å². The van der Waals surface area contributed by atoms with Crippen LogP contribution in [0.15, 0.2) is 60.0 Å². The van der Waals surface area contributed by atoms with Gasteiger partial charge in [-0.2, -0.15) is 0 Å². The second kappa shape index (κ2) is 7.29. The number of nitrogens with zero attached hydrogens (tertiary/aromatic N) is 2. The highest BCUT2D eigenvalue weighted by atomic mass is 16.5. The molecule has 2 bridgehead atoms. The van der Waals surface area contributed by atoms with Crippen molar-refractivity contribution in [3.8, 4) is 0 Å². The number of hydrogen-bond acceptors (Lipinski definition) is 3. The van der Waals surface area contributed by atoms with Gasteiger partial charge in [0, 0.05) is 23.8 Å². The van der Waals surface area contributed by atoms with Gasteiger partial charge in [0.1, 0.15) is 0 Å². The zero-order valence-corrected chi connectivity index (χ0v) is 21.1. The van der Waals surface area contributed by atoms with Crippen molar-refractivity contribution in [2.45, 2.75) is 94.3 Å². The maximum Gasteiger partial charge on any atom is 0.0974 e. The zero-order chi connectivity index (χ0) is 23.3. The molecule has 2 aromatic rings. The third-order valence-corrected chi connectivity index (χ3v) is 11.4. The Morgan fingerprint density at radius 2 is 1.94 bits per heavy atom. The molecule has 2 spiro atoms. The lowest BCUT2D eigenvalue weighted by Gasteiger charge is -2.55. The van der Waals surface area contributed by atoms with Gasteiger partial charge in [0.15, 0.2) is 0 Å². The van der Waals surface area contributed by atoms with Crippen molar-refractivity contribution >= 4 is 10.8 Å². The number of rotatable bonds is 2. The molecule has 2 saturated heterocycles. The van der Waals surface area contributed by atoms with Crippen LogP contribution in [0, 0.1) is 11.3 Å². The third-order valence-electron chi connectivity index (χ3n) is 11.4. The molecule has 8 rings (SSSR count). The molecule has 0 N–H and O–H groups in total. The molecule has 6 atom stereocenters. The number of hydrogen-bond donors (Lipinski definition) is 0. The van der Waals surface area contributed by atoms with E-state index in [-0.39, 0.29) is 16.6 Å². The maximum atomic E-state index is 7.53. The second-order valence-electron chi connectivity index (χ2n) is 12.8. The summed E-state index contributed by atoms with van der Waals surface area (Å²) in [5.41, 5.74) is 4.93. The minimum absolute atomic E-state index is 0.0216. The van der Waals surface area contributed by atoms with Crippen molar-refractivity contribution in [1.82, 2.24) is 9.88 Å². The van der Waals surface area contributed by atoms with Crippen LogP contribution in [0.1, 0.15) is 82.6 Å². The first-order valence-corrected chi connectivity index (χ1v) is 14.3. The van der Waals surface area contributed by atoms with Gasteiger partial charge in [-0.1, -0.05) is 31.2 Å². The monoisotopic (exact) mass is 466 g/mol. The summed E-state index contributed by atoms with van der Waals surface area (Å²) in [5.74, 6) is 1.22. The van der Waals surface area contributed by atoms with E-state index in [1.54, 1.807) is 11.1 Å². The maximum absolute atomic E-state index is 7.53. The number of allylic oxidation sites excluding steroid dienone is 1. The molecule has 4 heterocycles. The lowest BCUT2D eigenvalue weighted by molar-refractivity contribution is -0.140. The average Bonchev–Trinajstić information content (AvgIpc) is 3.60. The molecular weight excluding hydrogens is 428 g/mol. The summed E-state index contributed by atoms with van der Waals surface area (Å²) in [6.07, 6.45) is 22.0. The molecule has 2 unspecified atom stereocenters. The van der Waals surface area contributed by atoms with Crippen LogP contribution in [-0.4, -0.2) is 40.2 Å². The first-order valence-electron chi connectivity index (χ1n) is 14.3. The van der Waals surface area contributed by atoms with Crippen LogP contribution < -0.4 is 0 Å². The number of ether oxygens (including phenoxy) is 1. The number of aromatic nitrogens is 1. The average molecular weight is 467 g/mol. The second-order valence-corrected chi connectivity index (χ2v) is 12.8. The number of likely N-dealkylation sites (tertiary alicyclic amines) is 1. The van der Waals surface area contributed by atoms with E-state index < -0.39 is 0 Å². The van der Waals surface area contributed by atoms with E-state index in [0.29, 0.717) is 11.8 Å². The Bertz CT molecular complexity index is 1260. The fourth-order valence-electron chi connectivity index (χ4n) is 9.67. The Morgan fingerprint density at radius 1 is 1.03 bits per heavy atom. The number of benzene rings is 1. The zero-order valence-electron chi connectivity index (χ0n) is 21.1. The number of fused-ring (bicyclic) bond motifs is 2. The van der Waals surface area contributed by atoms with Crippen LogP contribution in [0.25, 0.3) is 10.8 Å². The van der Waals surface area contributed by atoms with Crippen LogP contribution in [0.2, 0.25) is 0 Å². The fraction of sp³-hybridized carbons (Fsp3) is 0.594. The molecule has 182 valence electrons. The van der Waals surface area contributed by atoms with Crippen molar-refractivity contribution in [3.63, 3.8) is 0 Å². The van der Waals surface area contributed by atoms with E-state index in [4.69, 9.17) is 4.74 Å². The Morgan fingerprint density at radius 3 is 2.86 bits per heavy atom. The molecule has 35 heavy (non-hydrogen) atoms. The van der Waals surface area contributed by atoms with Gasteiger partial charge in [0.2, 0.25) is 0 Å². The molecule has 1 aromatic carbocycles. The van der Waals surface area contributed by atoms with Crippen molar-refractivity contribution in [3.05, 3.63) is 65.5 Å². The Kier molecular flexibility index (Phi) is 4.41. The first kappa shape index (κ1) is 21.1. The summed E-state index contributed by atoms with van der Waals surface area (Å²) < 4.78 is 7.53. The molecule has 3 aliphatic carbocycles. The van der Waals surface area contributed by atoms with Gasteiger partial charge in [0.05, 0.1) is 11.2 Å². The smallest absolute Gasteiger partial charge is 0.0974 e. The molecular formula is C32H38N2O. The molecule has 2 saturated carbocycles. The van der Waals surface area contributed by atoms with Crippen LogP contribution >= 0.6 is 0 Å². The molecule has 3 heteroatoms. The van der Waals surface area contributed by atoms with Crippen LogP contribution in [0.4, 0.5) is 0 Å². The van der Waals surface area contributed by atoms with Crippen molar-refractivity contribution < 1.29 is 4.74 Å². The van der Waals surface area contributed by atoms with Crippen molar-refractivity contribution in [2.75, 3.05) is 13.1 Å². The third kappa shape index (κ3) is 2.83. The first-order chi connectivity index (χ1) is 17.1. The standard InChI is InChI=1S/C32H38N2O/c1-30-12-10-26-19-25-6-7-27(34-16-2-3-17-34)20-31(25)13-14-32(26,35-31)29(30)9-8-28(30)23-5-4-22-11-15-33-21-24(22)18-23/h4-5,10-11,15,18-19,21,27-29H,2-3,6-9,12-14,16-17,20H2,1H3/t27-,28?,29-,30-,31-,32?/m1/s1. The van der Waals surface area contributed by atoms with Crippen molar-refractivity contribution in [1.29, 1.82) is 0 Å². The topological polar surface area (TPSA) is 25.4 Å². The van der Waals surface area contributed by atoms with Crippen molar-refractivity contribution in [2.24, 2.45) is 11.3 Å². The predicted octanol–water partition coefficient (Wildman–Crippen LogP) is 6.94. The van der Waals surface area contributed by atoms with E-state index in [9.17, 15) is 0 Å². The lowest BCUT2D eigenvalue weighted by Crippen LogP contribution is -2.55. The van der Waals surface area contributed by atoms with E-state index in [1.807, 2.05) is 12.4 Å². The minimum Gasteiger partial charge on any atom is -0.359 e. The van der Waals surface area contributed by atoms with Crippen LogP contribution in [0.5, 0.6) is 0 Å². The summed E-state index contributed by atoms with van der Waals surface area (Å²) in [5, 5.41) is 2.57. The normalized spacial score (nSPS) is 42.4. The van der Waals surface area contributed by atoms with E-state index in [0.717, 1.165) is 6.04 Å². The SMILES string of the molecule is C[C@]12CC=C3C=C4CC[C@@H](N5CCCC5)C[C@]45CCC3(O5)[C@@H]1CCC2c1ccc2ccncc2c1. The molecule has 1 aromatic heterocycles. The summed E-state index contributed by atoms with van der Waals surface area (Å²) in [7, 11) is 0. The summed E-state index contributed by atoms with van der Waals surface area (Å²) >= 11 is 0. The Hall–Kier alpha value is -1.97. The van der Waals surface area contributed by atoms with Gasteiger partial charge in [-0.3, -0.25) is 4.98 Å². The molecule has 0 amide bonds. The highest BCUT2D eigenvalue weighted by Gasteiger charge is 2.66. The van der Waals surface area contributed by atoms with Gasteiger partial charge < -0.3 is 9.64 Å². The van der Waals surface area contributed by atoms with Gasteiger partial charge in [0.25, 0.3) is 0 Å². The molecule has 3 aliphatic heterocycles. The molecule has 4 fully saturated rings. The number of pyridine rings is 1. The highest BCUT2D eigenvalue weighted by Crippen LogP contribution is 2.69. The predicted molar refractivity (Wildman–Crippen MR) is 140 cm³/mol. The van der Waals surface area contributed by atoms with Gasteiger partial charge in [-0.15, -0.1) is 0 Å². The Labute approximate surface area is 209 Å². The van der Waals surface area contributed by atoms with E-state index in [1.165, 1.54) is 93.6 Å². The quantitative estimate of drug-likeness (QED) is 0.479. The molecule has 0 radical (unpaired) electrons. The van der Waals surface area contributed by atoms with E-state index >= 15 is 0 Å². The largest absolute Gasteiger partial charge is 0.359 e. The van der Waals surface area contributed by atoms with E-state index in [2.05, 4.69) is 53.2 Å². The van der Waals surface area contributed by atoms with Crippen LogP contribution in [-0.2, 0) is 4.74 Å². The van der Waals surface area contributed by atoms with Gasteiger partial charge in [-0.25, -0.2) is 0 Å². The molecule has 3 nitrogen and oxygen atoms in total. The minimum atomic E-state index is -0.0451. The molecule has 6 aliphatic rings. The highest BCUT2D eigenvalue weighted by molar-refractivity contribution is 5.82. The fourth-order valence-corrected chi connectivity index (χ4v) is 9.67. The Balaban J connectivity index is 1.15. The summed E-state index contributed by atoms with van der Waals surface area (Å²) in [6, 6.07) is 9.99. The van der Waals surface area contributed by atoms with Gasteiger partial charge in [-0.05, 0) is 129 Å². The summed E-state index contributed by atoms with van der Waals surface area (Å²) in [6.45, 7) is 5.20.